The van der Waals surface area contributed by atoms with Crippen LogP contribution in [-0.2, 0) is 20.4 Å². The molecule has 3 atom stereocenters. The Morgan fingerprint density at radius 1 is 0.740 bits per heavy atom. The highest BCUT2D eigenvalue weighted by atomic mass is 79.9. The Labute approximate surface area is 301 Å². The molecule has 0 aromatic heterocycles. The molecule has 10 heteroatoms. The fourth-order valence-electron chi connectivity index (χ4n) is 7.44. The Bertz CT molecular complexity index is 1980. The molecular formula is C40H36BrN3O5S. The van der Waals surface area contributed by atoms with Gasteiger partial charge < -0.3 is 4.74 Å². The summed E-state index contributed by atoms with van der Waals surface area (Å²) in [5, 5.41) is 11.9. The van der Waals surface area contributed by atoms with Crippen molar-refractivity contribution in [1.82, 2.24) is 9.21 Å². The van der Waals surface area contributed by atoms with Gasteiger partial charge in [-0.05, 0) is 40.5 Å². The normalized spacial score (nSPS) is 20.5. The minimum atomic E-state index is -4.20. The second kappa shape index (κ2) is 14.4. The number of nitrogens with zero attached hydrogens (tertiary/aromatic N) is 3. The van der Waals surface area contributed by atoms with Gasteiger partial charge in [-0.2, -0.15) is 4.31 Å². The molecule has 1 fully saturated rings. The number of hydrogen-bond donors (Lipinski definition) is 0. The molecule has 0 unspecified atom stereocenters. The van der Waals surface area contributed by atoms with Gasteiger partial charge in [0, 0.05) is 48.2 Å². The average molecular weight is 751 g/mol. The largest absolute Gasteiger partial charge is 0.359 e. The van der Waals surface area contributed by atoms with E-state index in [-0.39, 0.29) is 36.0 Å². The Kier molecular flexibility index (Phi) is 9.81. The van der Waals surface area contributed by atoms with Gasteiger partial charge in [0.2, 0.25) is 10.0 Å². The van der Waals surface area contributed by atoms with Gasteiger partial charge in [-0.1, -0.05) is 143 Å². The first kappa shape index (κ1) is 34.0. The van der Waals surface area contributed by atoms with Crippen LogP contribution in [0, 0.1) is 10.1 Å². The SMILES string of the molecule is O=[N+]([O-])c1ccccc1S(=O)(=O)N1C/C=C\CN2[C@H](COC(c3ccccc3)(c3ccccc3)c3ccccc3)[C@H](c3ccc(Br)cc3)[C@@H]2C1. The molecule has 2 heterocycles. The number of fused-ring (bicyclic) bond motifs is 1. The summed E-state index contributed by atoms with van der Waals surface area (Å²) in [6.45, 7) is 1.24. The first-order valence-corrected chi connectivity index (χ1v) is 18.7. The van der Waals surface area contributed by atoms with E-state index in [0.29, 0.717) is 13.2 Å². The fraction of sp³-hybridized carbons (Fsp3) is 0.200. The number of ether oxygens (including phenoxy) is 1. The number of nitro groups is 1. The lowest BCUT2D eigenvalue weighted by Crippen LogP contribution is -2.68. The monoisotopic (exact) mass is 749 g/mol. The standard InChI is InChI=1S/C40H36BrN3O5S/c41-34-24-22-30(23-25-34)39-36-28-42(50(47,48)38-21-11-10-20-35(38)44(45)46)26-12-13-27-43(36)37(39)29-49-40(31-14-4-1-5-15-31,32-16-6-2-7-17-32)33-18-8-3-9-19-33/h1-25,36-37,39H,26-29H2/b13-12-/t36-,37+,39+/m0/s1. The number of sulfonamides is 1. The predicted octanol–water partition coefficient (Wildman–Crippen LogP) is 7.76. The molecule has 1 saturated heterocycles. The molecular weight excluding hydrogens is 714 g/mol. The number of halogens is 1. The second-order valence-corrected chi connectivity index (χ2v) is 15.3. The summed E-state index contributed by atoms with van der Waals surface area (Å²) < 4.78 is 37.8. The minimum Gasteiger partial charge on any atom is -0.359 e. The number of hydrogen-bond acceptors (Lipinski definition) is 6. The zero-order valence-electron chi connectivity index (χ0n) is 27.2. The Morgan fingerprint density at radius 3 is 1.82 bits per heavy atom. The molecule has 0 amide bonds. The Hall–Kier alpha value is -4.45. The van der Waals surface area contributed by atoms with Gasteiger partial charge >= 0.3 is 0 Å². The first-order chi connectivity index (χ1) is 24.3. The van der Waals surface area contributed by atoms with Gasteiger partial charge in [-0.25, -0.2) is 8.42 Å². The van der Waals surface area contributed by atoms with Crippen LogP contribution in [0.3, 0.4) is 0 Å². The van der Waals surface area contributed by atoms with Crippen LogP contribution >= 0.6 is 15.9 Å². The third-order valence-corrected chi connectivity index (χ3v) is 12.2. The van der Waals surface area contributed by atoms with E-state index in [4.69, 9.17) is 4.74 Å². The van der Waals surface area contributed by atoms with Crippen LogP contribution in [0.5, 0.6) is 0 Å². The highest BCUT2D eigenvalue weighted by molar-refractivity contribution is 9.10. The molecule has 0 spiro atoms. The van der Waals surface area contributed by atoms with Crippen molar-refractivity contribution in [2.75, 3.05) is 26.2 Å². The predicted molar refractivity (Wildman–Crippen MR) is 197 cm³/mol. The fourth-order valence-corrected chi connectivity index (χ4v) is 9.27. The number of benzene rings is 5. The van der Waals surface area contributed by atoms with Gasteiger partial charge in [-0.3, -0.25) is 15.0 Å². The van der Waals surface area contributed by atoms with E-state index >= 15 is 0 Å². The maximum atomic E-state index is 14.1. The van der Waals surface area contributed by atoms with Crippen molar-refractivity contribution < 1.29 is 18.1 Å². The van der Waals surface area contributed by atoms with Crippen LogP contribution in [0.1, 0.15) is 28.2 Å². The maximum Gasteiger partial charge on any atom is 0.289 e. The number of rotatable bonds is 10. The lowest BCUT2D eigenvalue weighted by molar-refractivity contribution is -0.387. The zero-order valence-corrected chi connectivity index (χ0v) is 29.6. The van der Waals surface area contributed by atoms with Crippen LogP contribution in [0.2, 0.25) is 0 Å². The van der Waals surface area contributed by atoms with Crippen LogP contribution in [-0.4, -0.2) is 60.9 Å². The van der Waals surface area contributed by atoms with Gasteiger partial charge in [0.15, 0.2) is 4.90 Å². The molecule has 0 aliphatic carbocycles. The van der Waals surface area contributed by atoms with Crippen LogP contribution in [0.15, 0.2) is 161 Å². The van der Waals surface area contributed by atoms with Crippen molar-refractivity contribution in [3.8, 4) is 0 Å². The lowest BCUT2D eigenvalue weighted by Gasteiger charge is -2.57. The summed E-state index contributed by atoms with van der Waals surface area (Å²) in [6.07, 6.45) is 3.81. The molecule has 0 N–H and O–H groups in total. The summed E-state index contributed by atoms with van der Waals surface area (Å²) in [6, 6.07) is 44.1. The van der Waals surface area contributed by atoms with Crippen LogP contribution in [0.25, 0.3) is 0 Å². The van der Waals surface area contributed by atoms with Crippen molar-refractivity contribution in [3.63, 3.8) is 0 Å². The van der Waals surface area contributed by atoms with E-state index in [1.54, 1.807) is 0 Å². The molecule has 2 aliphatic rings. The highest BCUT2D eigenvalue weighted by Gasteiger charge is 2.52. The zero-order chi connectivity index (χ0) is 34.7. The van der Waals surface area contributed by atoms with E-state index in [1.165, 1.54) is 28.6 Å². The van der Waals surface area contributed by atoms with Crippen LogP contribution in [0.4, 0.5) is 5.69 Å². The van der Waals surface area contributed by atoms with E-state index in [1.807, 2.05) is 78.9 Å². The van der Waals surface area contributed by atoms with Gasteiger partial charge in [0.05, 0.1) is 11.5 Å². The molecule has 5 aromatic rings. The number of para-hydroxylation sites is 1. The van der Waals surface area contributed by atoms with Gasteiger partial charge in [-0.15, -0.1) is 0 Å². The molecule has 0 bridgehead atoms. The molecule has 8 nitrogen and oxygen atoms in total. The summed E-state index contributed by atoms with van der Waals surface area (Å²) in [4.78, 5) is 13.2. The number of nitro benzene ring substituents is 1. The minimum absolute atomic E-state index is 0.0851. The highest BCUT2D eigenvalue weighted by Crippen LogP contribution is 2.46. The Balaban J connectivity index is 1.28. The summed E-state index contributed by atoms with van der Waals surface area (Å²) in [7, 11) is -4.20. The van der Waals surface area contributed by atoms with Crippen molar-refractivity contribution >= 4 is 31.6 Å². The molecule has 0 radical (unpaired) electrons. The van der Waals surface area contributed by atoms with Crippen molar-refractivity contribution in [2.24, 2.45) is 0 Å². The second-order valence-electron chi connectivity index (χ2n) is 12.5. The Morgan fingerprint density at radius 2 is 1.26 bits per heavy atom. The van der Waals surface area contributed by atoms with E-state index in [0.717, 1.165) is 26.7 Å². The quantitative estimate of drug-likeness (QED) is 0.0628. The topological polar surface area (TPSA) is 93.0 Å². The van der Waals surface area contributed by atoms with Crippen LogP contribution < -0.4 is 0 Å². The van der Waals surface area contributed by atoms with E-state index in [9.17, 15) is 18.5 Å². The summed E-state index contributed by atoms with van der Waals surface area (Å²) in [5.74, 6) is -0.0851. The lowest BCUT2D eigenvalue weighted by atomic mass is 9.74. The molecule has 0 saturated carbocycles. The van der Waals surface area contributed by atoms with Gasteiger partial charge in [0.25, 0.3) is 5.69 Å². The van der Waals surface area contributed by atoms with Gasteiger partial charge in [0.1, 0.15) is 5.60 Å². The smallest absolute Gasteiger partial charge is 0.289 e. The summed E-state index contributed by atoms with van der Waals surface area (Å²) in [5.41, 5.74) is 2.73. The maximum absolute atomic E-state index is 14.1. The first-order valence-electron chi connectivity index (χ1n) is 16.5. The van der Waals surface area contributed by atoms with Crippen molar-refractivity contribution in [1.29, 1.82) is 0 Å². The molecule has 254 valence electrons. The third kappa shape index (κ3) is 6.34. The molecule has 5 aromatic carbocycles. The average Bonchev–Trinajstić information content (AvgIpc) is 3.14. The van der Waals surface area contributed by atoms with E-state index in [2.05, 4.69) is 69.4 Å². The molecule has 50 heavy (non-hydrogen) atoms. The molecule has 7 rings (SSSR count). The third-order valence-electron chi connectivity index (χ3n) is 9.81. The molecule has 2 aliphatic heterocycles. The van der Waals surface area contributed by atoms with Crippen molar-refractivity contribution in [3.05, 3.63) is 189 Å². The van der Waals surface area contributed by atoms with E-state index < -0.39 is 26.2 Å². The summed E-state index contributed by atoms with van der Waals surface area (Å²) >= 11 is 3.57. The van der Waals surface area contributed by atoms with Crippen molar-refractivity contribution in [2.45, 2.75) is 28.5 Å².